The first-order valence-electron chi connectivity index (χ1n) is 5.85. The molecule has 17 heavy (non-hydrogen) atoms. The third kappa shape index (κ3) is 4.76. The average molecular weight is 236 g/mol. The Balaban J connectivity index is 2.28. The molecule has 1 amide bonds. The second kappa shape index (κ2) is 6.78. The van der Waals surface area contributed by atoms with Gasteiger partial charge >= 0.3 is 0 Å². The molecule has 0 spiro atoms. The van der Waals surface area contributed by atoms with Crippen molar-refractivity contribution >= 4 is 11.6 Å². The quantitative estimate of drug-likeness (QED) is 0.767. The van der Waals surface area contributed by atoms with E-state index in [-0.39, 0.29) is 5.91 Å². The number of ether oxygens (including phenoxy) is 1. The largest absolute Gasteiger partial charge is 0.493 e. The van der Waals surface area contributed by atoms with E-state index in [9.17, 15) is 4.79 Å². The molecule has 4 nitrogen and oxygen atoms in total. The third-order valence-corrected chi connectivity index (χ3v) is 2.45. The molecule has 1 aromatic rings. The SMILES string of the molecule is CCCN(C)C(=O)CCOc1ccc(N)cc1. The minimum atomic E-state index is 0.113. The van der Waals surface area contributed by atoms with Crippen LogP contribution in [-0.2, 0) is 4.79 Å². The van der Waals surface area contributed by atoms with Gasteiger partial charge < -0.3 is 15.4 Å². The van der Waals surface area contributed by atoms with Gasteiger partial charge in [-0.15, -0.1) is 0 Å². The molecule has 0 saturated carbocycles. The van der Waals surface area contributed by atoms with Crippen LogP contribution in [0.3, 0.4) is 0 Å². The molecule has 0 aromatic heterocycles. The Bertz CT molecular complexity index is 349. The zero-order valence-corrected chi connectivity index (χ0v) is 10.5. The normalized spacial score (nSPS) is 10.0. The van der Waals surface area contributed by atoms with Crippen molar-refractivity contribution in [2.75, 3.05) is 25.9 Å². The maximum atomic E-state index is 11.6. The first-order chi connectivity index (χ1) is 8.13. The monoisotopic (exact) mass is 236 g/mol. The fourth-order valence-electron chi connectivity index (χ4n) is 1.47. The van der Waals surface area contributed by atoms with Crippen LogP contribution in [-0.4, -0.2) is 31.0 Å². The van der Waals surface area contributed by atoms with Crippen molar-refractivity contribution in [1.29, 1.82) is 0 Å². The van der Waals surface area contributed by atoms with Crippen LogP contribution in [0, 0.1) is 0 Å². The molecule has 1 aromatic carbocycles. The van der Waals surface area contributed by atoms with E-state index in [4.69, 9.17) is 10.5 Å². The Kier molecular flexibility index (Phi) is 5.33. The molecule has 0 saturated heterocycles. The van der Waals surface area contributed by atoms with Crippen LogP contribution in [0.2, 0.25) is 0 Å². The molecule has 1 rings (SSSR count). The van der Waals surface area contributed by atoms with Crippen molar-refractivity contribution in [3.05, 3.63) is 24.3 Å². The highest BCUT2D eigenvalue weighted by molar-refractivity contribution is 5.75. The van der Waals surface area contributed by atoms with Crippen LogP contribution in [0.1, 0.15) is 19.8 Å². The van der Waals surface area contributed by atoms with Gasteiger partial charge in [0.1, 0.15) is 5.75 Å². The summed E-state index contributed by atoms with van der Waals surface area (Å²) < 4.78 is 5.46. The second-order valence-electron chi connectivity index (χ2n) is 3.98. The summed E-state index contributed by atoms with van der Waals surface area (Å²) in [5.41, 5.74) is 6.27. The number of hydrogen-bond acceptors (Lipinski definition) is 3. The van der Waals surface area contributed by atoms with Crippen LogP contribution >= 0.6 is 0 Å². The van der Waals surface area contributed by atoms with Gasteiger partial charge in [0.05, 0.1) is 13.0 Å². The number of anilines is 1. The van der Waals surface area contributed by atoms with E-state index in [0.29, 0.717) is 18.7 Å². The Morgan fingerprint density at radius 1 is 1.35 bits per heavy atom. The highest BCUT2D eigenvalue weighted by Crippen LogP contribution is 2.13. The standard InChI is InChI=1S/C13H20N2O2/c1-3-9-15(2)13(16)8-10-17-12-6-4-11(14)5-7-12/h4-7H,3,8-10,14H2,1-2H3. The number of amides is 1. The Hall–Kier alpha value is -1.71. The lowest BCUT2D eigenvalue weighted by molar-refractivity contribution is -0.130. The molecule has 4 heteroatoms. The summed E-state index contributed by atoms with van der Waals surface area (Å²) in [5.74, 6) is 0.854. The molecule has 0 heterocycles. The minimum Gasteiger partial charge on any atom is -0.493 e. The number of benzene rings is 1. The van der Waals surface area contributed by atoms with E-state index in [1.807, 2.05) is 7.05 Å². The van der Waals surface area contributed by atoms with Crippen molar-refractivity contribution in [1.82, 2.24) is 4.90 Å². The van der Waals surface area contributed by atoms with Gasteiger partial charge in [-0.05, 0) is 30.7 Å². The van der Waals surface area contributed by atoms with Crippen molar-refractivity contribution in [3.63, 3.8) is 0 Å². The van der Waals surface area contributed by atoms with E-state index < -0.39 is 0 Å². The van der Waals surface area contributed by atoms with Gasteiger partial charge in [0.15, 0.2) is 0 Å². The molecule has 0 fully saturated rings. The molecule has 0 atom stereocenters. The first kappa shape index (κ1) is 13.4. The van der Waals surface area contributed by atoms with Gasteiger partial charge in [0.25, 0.3) is 0 Å². The smallest absolute Gasteiger partial charge is 0.225 e. The highest BCUT2D eigenvalue weighted by Gasteiger charge is 2.07. The fraction of sp³-hybridized carbons (Fsp3) is 0.462. The number of carbonyl (C=O) groups excluding carboxylic acids is 1. The van der Waals surface area contributed by atoms with Gasteiger partial charge in [-0.2, -0.15) is 0 Å². The predicted octanol–water partition coefficient (Wildman–Crippen LogP) is 1.91. The summed E-state index contributed by atoms with van der Waals surface area (Å²) in [7, 11) is 1.81. The molecule has 0 aliphatic carbocycles. The summed E-state index contributed by atoms with van der Waals surface area (Å²) in [4.78, 5) is 13.3. The van der Waals surface area contributed by atoms with E-state index >= 15 is 0 Å². The highest BCUT2D eigenvalue weighted by atomic mass is 16.5. The summed E-state index contributed by atoms with van der Waals surface area (Å²) >= 11 is 0. The molecular weight excluding hydrogens is 216 g/mol. The number of nitrogens with zero attached hydrogens (tertiary/aromatic N) is 1. The van der Waals surface area contributed by atoms with Crippen LogP contribution < -0.4 is 10.5 Å². The Morgan fingerprint density at radius 2 is 2.00 bits per heavy atom. The lowest BCUT2D eigenvalue weighted by atomic mass is 10.3. The summed E-state index contributed by atoms with van der Waals surface area (Å²) in [6.45, 7) is 3.24. The van der Waals surface area contributed by atoms with Crippen LogP contribution in [0.4, 0.5) is 5.69 Å². The Morgan fingerprint density at radius 3 is 2.59 bits per heavy atom. The first-order valence-corrected chi connectivity index (χ1v) is 5.85. The van der Waals surface area contributed by atoms with Crippen molar-refractivity contribution < 1.29 is 9.53 Å². The van der Waals surface area contributed by atoms with Crippen LogP contribution in [0.15, 0.2) is 24.3 Å². The molecule has 0 radical (unpaired) electrons. The van der Waals surface area contributed by atoms with Gasteiger partial charge in [-0.3, -0.25) is 4.79 Å². The second-order valence-corrected chi connectivity index (χ2v) is 3.98. The van der Waals surface area contributed by atoms with Crippen LogP contribution in [0.25, 0.3) is 0 Å². The van der Waals surface area contributed by atoms with Gasteiger partial charge in [-0.1, -0.05) is 6.92 Å². The number of carbonyl (C=O) groups is 1. The summed E-state index contributed by atoms with van der Waals surface area (Å²) in [6, 6.07) is 7.16. The lowest BCUT2D eigenvalue weighted by Crippen LogP contribution is -2.28. The summed E-state index contributed by atoms with van der Waals surface area (Å²) in [5, 5.41) is 0. The van der Waals surface area contributed by atoms with E-state index in [1.165, 1.54) is 0 Å². The molecule has 94 valence electrons. The maximum Gasteiger partial charge on any atom is 0.225 e. The number of hydrogen-bond donors (Lipinski definition) is 1. The average Bonchev–Trinajstić information content (AvgIpc) is 2.32. The molecule has 0 bridgehead atoms. The fourth-order valence-corrected chi connectivity index (χ4v) is 1.47. The molecule has 0 aliphatic heterocycles. The number of nitrogen functional groups attached to an aromatic ring is 1. The molecular formula is C13H20N2O2. The van der Waals surface area contributed by atoms with Crippen molar-refractivity contribution in [2.24, 2.45) is 0 Å². The Labute approximate surface area is 102 Å². The van der Waals surface area contributed by atoms with Gasteiger partial charge in [-0.25, -0.2) is 0 Å². The third-order valence-electron chi connectivity index (χ3n) is 2.45. The topological polar surface area (TPSA) is 55.6 Å². The van der Waals surface area contributed by atoms with E-state index in [1.54, 1.807) is 29.2 Å². The van der Waals surface area contributed by atoms with E-state index in [2.05, 4.69) is 6.92 Å². The summed E-state index contributed by atoms with van der Waals surface area (Å²) in [6.07, 6.45) is 1.38. The predicted molar refractivity (Wildman–Crippen MR) is 68.9 cm³/mol. The van der Waals surface area contributed by atoms with Crippen LogP contribution in [0.5, 0.6) is 5.75 Å². The maximum absolute atomic E-state index is 11.6. The number of rotatable bonds is 6. The number of nitrogens with two attached hydrogens (primary N) is 1. The van der Waals surface area contributed by atoms with Gasteiger partial charge in [0.2, 0.25) is 5.91 Å². The zero-order valence-electron chi connectivity index (χ0n) is 10.5. The zero-order chi connectivity index (χ0) is 12.7. The van der Waals surface area contributed by atoms with Crippen molar-refractivity contribution in [3.8, 4) is 5.75 Å². The minimum absolute atomic E-state index is 0.113. The van der Waals surface area contributed by atoms with Crippen molar-refractivity contribution in [2.45, 2.75) is 19.8 Å². The lowest BCUT2D eigenvalue weighted by Gasteiger charge is -2.16. The molecule has 0 unspecified atom stereocenters. The van der Waals surface area contributed by atoms with E-state index in [0.717, 1.165) is 18.7 Å². The molecule has 0 aliphatic rings. The van der Waals surface area contributed by atoms with Gasteiger partial charge in [0, 0.05) is 19.3 Å². The molecule has 2 N–H and O–H groups in total.